The van der Waals surface area contributed by atoms with E-state index in [0.717, 1.165) is 17.0 Å². The van der Waals surface area contributed by atoms with Crippen LogP contribution in [0.3, 0.4) is 0 Å². The van der Waals surface area contributed by atoms with Crippen LogP contribution in [0.4, 0.5) is 5.69 Å². The van der Waals surface area contributed by atoms with E-state index in [9.17, 15) is 0 Å². The Morgan fingerprint density at radius 3 is 2.64 bits per heavy atom. The average molecular weight is 312 g/mol. The van der Waals surface area contributed by atoms with E-state index in [0.29, 0.717) is 23.3 Å². The quantitative estimate of drug-likeness (QED) is 0.646. The summed E-state index contributed by atoms with van der Waals surface area (Å²) in [4.78, 5) is 6.01. The Hall–Kier alpha value is -2.32. The van der Waals surface area contributed by atoms with Crippen LogP contribution in [0.2, 0.25) is 0 Å². The molecule has 1 unspecified atom stereocenters. The van der Waals surface area contributed by atoms with Crippen molar-refractivity contribution in [1.29, 1.82) is 5.26 Å². The van der Waals surface area contributed by atoms with E-state index >= 15 is 0 Å². The van der Waals surface area contributed by atoms with Crippen molar-refractivity contribution in [2.24, 2.45) is 10.7 Å². The third-order valence-corrected chi connectivity index (χ3v) is 4.52. The smallest absolute Gasteiger partial charge is 0.193 e. The summed E-state index contributed by atoms with van der Waals surface area (Å²) < 4.78 is 0. The maximum Gasteiger partial charge on any atom is 0.193 e. The van der Waals surface area contributed by atoms with E-state index < -0.39 is 0 Å². The van der Waals surface area contributed by atoms with Gasteiger partial charge >= 0.3 is 0 Å². The monoisotopic (exact) mass is 312 g/mol. The lowest BCUT2D eigenvalue weighted by atomic mass is 9.99. The molecule has 0 saturated carbocycles. The van der Waals surface area contributed by atoms with Crippen molar-refractivity contribution in [3.63, 3.8) is 0 Å². The molecule has 0 spiro atoms. The third kappa shape index (κ3) is 4.34. The summed E-state index contributed by atoms with van der Waals surface area (Å²) in [6, 6.07) is 14.1. The zero-order valence-electron chi connectivity index (χ0n) is 12.8. The Bertz CT molecular complexity index is 679. The number of thiophene rings is 1. The van der Waals surface area contributed by atoms with Crippen molar-refractivity contribution in [2.75, 3.05) is 5.32 Å². The molecule has 0 fully saturated rings. The third-order valence-electron chi connectivity index (χ3n) is 3.54. The van der Waals surface area contributed by atoms with Crippen LogP contribution in [0.25, 0.3) is 0 Å². The molecular formula is C17H20N4S. The summed E-state index contributed by atoms with van der Waals surface area (Å²) in [7, 11) is 0. The first kappa shape index (κ1) is 16.1. The summed E-state index contributed by atoms with van der Waals surface area (Å²) in [5, 5.41) is 11.9. The second kappa shape index (κ2) is 7.62. The molecule has 1 heterocycles. The number of nitrogens with one attached hydrogen (secondary N) is 1. The topological polar surface area (TPSA) is 74.2 Å². The molecule has 0 aliphatic rings. The van der Waals surface area contributed by atoms with Gasteiger partial charge in [-0.25, -0.2) is 4.99 Å². The van der Waals surface area contributed by atoms with E-state index in [4.69, 9.17) is 11.0 Å². The second-order valence-electron chi connectivity index (χ2n) is 5.14. The van der Waals surface area contributed by atoms with Gasteiger partial charge in [0.15, 0.2) is 5.96 Å². The Morgan fingerprint density at radius 2 is 2.05 bits per heavy atom. The Kier molecular flexibility index (Phi) is 5.56. The minimum absolute atomic E-state index is 0.378. The number of benzene rings is 1. The van der Waals surface area contributed by atoms with Crippen molar-refractivity contribution in [3.8, 4) is 6.07 Å². The molecule has 5 heteroatoms. The van der Waals surface area contributed by atoms with Crippen LogP contribution in [0.15, 0.2) is 41.4 Å². The molecule has 0 bridgehead atoms. The summed E-state index contributed by atoms with van der Waals surface area (Å²) in [6.07, 6.45) is 1.13. The van der Waals surface area contributed by atoms with Crippen LogP contribution in [-0.2, 0) is 6.54 Å². The van der Waals surface area contributed by atoms with Crippen molar-refractivity contribution in [3.05, 3.63) is 51.7 Å². The lowest BCUT2D eigenvalue weighted by Crippen LogP contribution is -2.22. The van der Waals surface area contributed by atoms with Crippen molar-refractivity contribution in [1.82, 2.24) is 0 Å². The standard InChI is InChI=1S/C17H20N4S/c1-3-12(2)13-4-6-14(7-5-13)21-17(19)20-11-16-9-8-15(10-18)22-16/h4-9,12H,3,11H2,1-2H3,(H3,19,20,21). The van der Waals surface area contributed by atoms with Crippen LogP contribution in [0.1, 0.15) is 41.5 Å². The number of guanidine groups is 1. The average Bonchev–Trinajstić information content (AvgIpc) is 3.01. The highest BCUT2D eigenvalue weighted by Crippen LogP contribution is 2.20. The molecule has 0 saturated heterocycles. The normalized spacial score (nSPS) is 12.7. The van der Waals surface area contributed by atoms with Gasteiger partial charge in [0.2, 0.25) is 0 Å². The minimum Gasteiger partial charge on any atom is -0.370 e. The highest BCUT2D eigenvalue weighted by atomic mass is 32.1. The molecule has 1 aromatic heterocycles. The van der Waals surface area contributed by atoms with E-state index in [2.05, 4.69) is 42.4 Å². The zero-order chi connectivity index (χ0) is 15.9. The molecule has 0 radical (unpaired) electrons. The molecule has 1 atom stereocenters. The van der Waals surface area contributed by atoms with E-state index in [1.807, 2.05) is 18.2 Å². The molecule has 114 valence electrons. The lowest BCUT2D eigenvalue weighted by Gasteiger charge is -2.10. The van der Waals surface area contributed by atoms with Gasteiger partial charge in [0.05, 0.1) is 6.54 Å². The van der Waals surface area contributed by atoms with E-state index in [1.54, 1.807) is 6.07 Å². The number of hydrogen-bond acceptors (Lipinski definition) is 3. The molecule has 4 nitrogen and oxygen atoms in total. The largest absolute Gasteiger partial charge is 0.370 e. The maximum atomic E-state index is 8.79. The second-order valence-corrected chi connectivity index (χ2v) is 6.30. The fourth-order valence-corrected chi connectivity index (χ4v) is 2.73. The number of rotatable bonds is 5. The molecule has 22 heavy (non-hydrogen) atoms. The van der Waals surface area contributed by atoms with Crippen LogP contribution in [0.5, 0.6) is 0 Å². The first-order valence-corrected chi connectivity index (χ1v) is 8.09. The SMILES string of the molecule is CCC(C)c1ccc(NC(N)=NCc2ccc(C#N)s2)cc1. The lowest BCUT2D eigenvalue weighted by molar-refractivity contribution is 0.734. The van der Waals surface area contributed by atoms with Crippen molar-refractivity contribution >= 4 is 23.0 Å². The van der Waals surface area contributed by atoms with Gasteiger partial charge in [-0.1, -0.05) is 26.0 Å². The number of aliphatic imine (C=N–C) groups is 1. The molecule has 0 aliphatic heterocycles. The number of nitrogens with two attached hydrogens (primary N) is 1. The minimum atomic E-state index is 0.378. The van der Waals surface area contributed by atoms with Crippen molar-refractivity contribution < 1.29 is 0 Å². The molecule has 3 N–H and O–H groups in total. The molecule has 2 aromatic rings. The van der Waals surface area contributed by atoms with Gasteiger partial charge in [0.25, 0.3) is 0 Å². The van der Waals surface area contributed by atoms with Crippen molar-refractivity contribution in [2.45, 2.75) is 32.7 Å². The van der Waals surface area contributed by atoms with Gasteiger partial charge in [0, 0.05) is 10.6 Å². The maximum absolute atomic E-state index is 8.79. The van der Waals surface area contributed by atoms with E-state index in [1.165, 1.54) is 16.9 Å². The summed E-state index contributed by atoms with van der Waals surface area (Å²) in [5.74, 6) is 0.941. The predicted octanol–water partition coefficient (Wildman–Crippen LogP) is 4.06. The zero-order valence-corrected chi connectivity index (χ0v) is 13.7. The number of anilines is 1. The van der Waals surface area contributed by atoms with Gasteiger partial charge < -0.3 is 11.1 Å². The highest BCUT2D eigenvalue weighted by molar-refractivity contribution is 7.12. The molecule has 1 aromatic carbocycles. The summed E-state index contributed by atoms with van der Waals surface area (Å²) in [6.45, 7) is 4.88. The van der Waals surface area contributed by atoms with E-state index in [-0.39, 0.29) is 0 Å². The fraction of sp³-hybridized carbons (Fsp3) is 0.294. The Balaban J connectivity index is 1.94. The summed E-state index contributed by atoms with van der Waals surface area (Å²) in [5.41, 5.74) is 8.15. The van der Waals surface area contributed by atoms with Crippen LogP contribution in [0, 0.1) is 11.3 Å². The van der Waals surface area contributed by atoms with Gasteiger partial charge in [-0.05, 0) is 42.2 Å². The predicted molar refractivity (Wildman–Crippen MR) is 93.1 cm³/mol. The van der Waals surface area contributed by atoms with Crippen LogP contribution in [-0.4, -0.2) is 5.96 Å². The Labute approximate surface area is 135 Å². The number of hydrogen-bond donors (Lipinski definition) is 2. The first-order chi connectivity index (χ1) is 10.6. The molecule has 0 amide bonds. The fourth-order valence-electron chi connectivity index (χ4n) is 2.00. The summed E-state index contributed by atoms with van der Waals surface area (Å²) >= 11 is 1.44. The van der Waals surface area contributed by atoms with Gasteiger partial charge in [-0.3, -0.25) is 0 Å². The number of nitriles is 1. The van der Waals surface area contributed by atoms with Gasteiger partial charge in [-0.2, -0.15) is 5.26 Å². The molecule has 0 aliphatic carbocycles. The molecule has 2 rings (SSSR count). The van der Waals surface area contributed by atoms with Gasteiger partial charge in [-0.15, -0.1) is 11.3 Å². The highest BCUT2D eigenvalue weighted by Gasteiger charge is 2.03. The van der Waals surface area contributed by atoms with Gasteiger partial charge in [0.1, 0.15) is 10.9 Å². The Morgan fingerprint density at radius 1 is 1.32 bits per heavy atom. The number of nitrogens with zero attached hydrogens (tertiary/aromatic N) is 2. The molecular weight excluding hydrogens is 292 g/mol. The van der Waals surface area contributed by atoms with Crippen LogP contribution >= 0.6 is 11.3 Å². The first-order valence-electron chi connectivity index (χ1n) is 7.28. The van der Waals surface area contributed by atoms with Crippen LogP contribution < -0.4 is 11.1 Å².